The number of carboxylic acids is 1. The molecule has 0 aliphatic carbocycles. The average molecular weight is 611 g/mol. The molecule has 238 valence electrons. The summed E-state index contributed by atoms with van der Waals surface area (Å²) in [7, 11) is 0. The molecule has 44 heavy (non-hydrogen) atoms. The Balaban J connectivity index is 1.93. The minimum Gasteiger partial charge on any atom is -0.480 e. The fraction of sp³-hybridized carbons (Fsp3) is 0.419. The Morgan fingerprint density at radius 3 is 1.93 bits per heavy atom. The minimum atomic E-state index is -1.18. The van der Waals surface area contributed by atoms with Crippen molar-refractivity contribution in [2.24, 2.45) is 17.4 Å². The second-order valence-electron chi connectivity index (χ2n) is 11.1. The zero-order valence-electron chi connectivity index (χ0n) is 25.4. The van der Waals surface area contributed by atoms with Crippen LogP contribution in [0.3, 0.4) is 0 Å². The molecule has 13 heteroatoms. The maximum atomic E-state index is 13.0. The summed E-state index contributed by atoms with van der Waals surface area (Å²) >= 11 is 0. The van der Waals surface area contributed by atoms with E-state index in [4.69, 9.17) is 11.5 Å². The van der Waals surface area contributed by atoms with Crippen LogP contribution in [0, 0.1) is 19.8 Å². The molecule has 2 rings (SSSR count). The number of rotatable bonds is 16. The monoisotopic (exact) mass is 610 g/mol. The van der Waals surface area contributed by atoms with Crippen LogP contribution in [-0.4, -0.2) is 71.8 Å². The predicted octanol–water partition coefficient (Wildman–Crippen LogP) is -0.152. The molecule has 0 bridgehead atoms. The van der Waals surface area contributed by atoms with Gasteiger partial charge < -0.3 is 37.8 Å². The molecular formula is C31H42N6O7. The largest absolute Gasteiger partial charge is 0.480 e. The van der Waals surface area contributed by atoms with Gasteiger partial charge in [0.2, 0.25) is 29.5 Å². The number of aryl methyl sites for hydroxylation is 2. The molecule has 0 fully saturated rings. The van der Waals surface area contributed by atoms with Crippen molar-refractivity contribution < 1.29 is 33.9 Å². The summed E-state index contributed by atoms with van der Waals surface area (Å²) in [6, 6.07) is 8.91. The second kappa shape index (κ2) is 16.8. The Labute approximate surface area is 256 Å². The van der Waals surface area contributed by atoms with Crippen LogP contribution in [0.25, 0.3) is 0 Å². The summed E-state index contributed by atoms with van der Waals surface area (Å²) in [4.78, 5) is 73.7. The molecule has 0 saturated carbocycles. The number of carbonyl (C=O) groups excluding carboxylic acids is 5. The van der Waals surface area contributed by atoms with E-state index in [1.807, 2.05) is 13.8 Å². The van der Waals surface area contributed by atoms with Crippen molar-refractivity contribution in [2.75, 3.05) is 13.1 Å². The lowest BCUT2D eigenvalue weighted by Crippen LogP contribution is -2.54. The molecule has 9 N–H and O–H groups in total. The van der Waals surface area contributed by atoms with Gasteiger partial charge in [0, 0.05) is 12.0 Å². The molecule has 2 aromatic rings. The molecular weight excluding hydrogens is 568 g/mol. The van der Waals surface area contributed by atoms with Gasteiger partial charge in [-0.2, -0.15) is 0 Å². The molecule has 3 atom stereocenters. The van der Waals surface area contributed by atoms with E-state index in [2.05, 4.69) is 21.3 Å². The van der Waals surface area contributed by atoms with E-state index in [1.165, 1.54) is 0 Å². The van der Waals surface area contributed by atoms with Crippen LogP contribution < -0.4 is 32.7 Å². The van der Waals surface area contributed by atoms with E-state index >= 15 is 0 Å². The van der Waals surface area contributed by atoms with E-state index in [-0.39, 0.29) is 25.2 Å². The van der Waals surface area contributed by atoms with E-state index in [0.717, 1.165) is 22.3 Å². The standard InChI is InChI=1S/C31H42N6O7/c1-17(2)10-25(31(43)44)37-30(42)24(13-20-8-6-5-7-9-20)36-27(39)16-34-26(38)15-35-29(41)23(32)14-22-18(3)11-21(28(33)40)12-19(22)4/h5-9,11-12,17,23-25H,10,13-16,32H2,1-4H3,(H2,33,40)(H,34,38)(H,35,41)(H,36,39)(H,37,42)(H,43,44)/t23-,24-,25-/m0/s1. The van der Waals surface area contributed by atoms with E-state index in [9.17, 15) is 33.9 Å². The van der Waals surface area contributed by atoms with Crippen LogP contribution in [0.1, 0.15) is 52.9 Å². The Morgan fingerprint density at radius 2 is 1.39 bits per heavy atom. The molecule has 0 aromatic heterocycles. The van der Waals surface area contributed by atoms with Gasteiger partial charge in [0.1, 0.15) is 12.1 Å². The van der Waals surface area contributed by atoms with Crippen molar-refractivity contribution in [3.8, 4) is 0 Å². The van der Waals surface area contributed by atoms with Crippen LogP contribution in [0.5, 0.6) is 0 Å². The number of hydrogen-bond acceptors (Lipinski definition) is 7. The highest BCUT2D eigenvalue weighted by atomic mass is 16.4. The molecule has 0 spiro atoms. The fourth-order valence-corrected chi connectivity index (χ4v) is 4.58. The van der Waals surface area contributed by atoms with Crippen molar-refractivity contribution in [1.29, 1.82) is 0 Å². The van der Waals surface area contributed by atoms with Crippen molar-refractivity contribution in [2.45, 2.75) is 65.1 Å². The number of nitrogens with two attached hydrogens (primary N) is 2. The predicted molar refractivity (Wildman–Crippen MR) is 163 cm³/mol. The molecule has 13 nitrogen and oxygen atoms in total. The Morgan fingerprint density at radius 1 is 0.795 bits per heavy atom. The van der Waals surface area contributed by atoms with Crippen LogP contribution in [0.15, 0.2) is 42.5 Å². The zero-order valence-corrected chi connectivity index (χ0v) is 25.4. The van der Waals surface area contributed by atoms with Gasteiger partial charge in [-0.25, -0.2) is 4.79 Å². The molecule has 0 radical (unpaired) electrons. The normalized spacial score (nSPS) is 12.9. The molecule has 2 aromatic carbocycles. The highest BCUT2D eigenvalue weighted by Crippen LogP contribution is 2.18. The Hall–Kier alpha value is -4.78. The summed E-state index contributed by atoms with van der Waals surface area (Å²) in [5.41, 5.74) is 14.8. The van der Waals surface area contributed by atoms with E-state index in [1.54, 1.807) is 56.3 Å². The molecule has 0 unspecified atom stereocenters. The zero-order chi connectivity index (χ0) is 33.0. The third-order valence-electron chi connectivity index (χ3n) is 6.87. The smallest absolute Gasteiger partial charge is 0.326 e. The molecule has 0 heterocycles. The lowest BCUT2D eigenvalue weighted by Gasteiger charge is -2.22. The van der Waals surface area contributed by atoms with Gasteiger partial charge in [0.15, 0.2) is 0 Å². The average Bonchev–Trinajstić information content (AvgIpc) is 2.95. The first kappa shape index (κ1) is 35.4. The lowest BCUT2D eigenvalue weighted by atomic mass is 9.94. The van der Waals surface area contributed by atoms with Gasteiger partial charge in [-0.3, -0.25) is 24.0 Å². The number of aliphatic carboxylic acids is 1. The summed E-state index contributed by atoms with van der Waals surface area (Å²) in [6.45, 7) is 6.29. The van der Waals surface area contributed by atoms with Crippen LogP contribution in [0.2, 0.25) is 0 Å². The Bertz CT molecular complexity index is 1340. The summed E-state index contributed by atoms with van der Waals surface area (Å²) in [5.74, 6) is -4.34. The Kier molecular flexibility index (Phi) is 13.5. The number of nitrogens with one attached hydrogen (secondary N) is 4. The first-order valence-electron chi connectivity index (χ1n) is 14.2. The van der Waals surface area contributed by atoms with Crippen LogP contribution in [-0.2, 0) is 36.8 Å². The van der Waals surface area contributed by atoms with Crippen molar-refractivity contribution in [1.82, 2.24) is 21.3 Å². The van der Waals surface area contributed by atoms with Crippen LogP contribution in [0.4, 0.5) is 0 Å². The third-order valence-corrected chi connectivity index (χ3v) is 6.87. The molecule has 0 aliphatic rings. The van der Waals surface area contributed by atoms with Gasteiger partial charge in [-0.1, -0.05) is 44.2 Å². The first-order chi connectivity index (χ1) is 20.7. The van der Waals surface area contributed by atoms with Crippen molar-refractivity contribution in [3.05, 3.63) is 70.3 Å². The summed E-state index contributed by atoms with van der Waals surface area (Å²) in [6.07, 6.45) is 0.467. The molecule has 0 saturated heterocycles. The van der Waals surface area contributed by atoms with Crippen LogP contribution >= 0.6 is 0 Å². The number of hydrogen-bond donors (Lipinski definition) is 7. The van der Waals surface area contributed by atoms with Gasteiger partial charge in [-0.15, -0.1) is 0 Å². The van der Waals surface area contributed by atoms with Gasteiger partial charge in [0.25, 0.3) is 0 Å². The number of benzene rings is 2. The lowest BCUT2D eigenvalue weighted by molar-refractivity contribution is -0.142. The third kappa shape index (κ3) is 11.5. The summed E-state index contributed by atoms with van der Waals surface area (Å²) in [5, 5.41) is 19.4. The number of carbonyl (C=O) groups is 6. The fourth-order valence-electron chi connectivity index (χ4n) is 4.58. The van der Waals surface area contributed by atoms with Gasteiger partial charge in [0.05, 0.1) is 19.1 Å². The first-order valence-corrected chi connectivity index (χ1v) is 14.2. The van der Waals surface area contributed by atoms with E-state index in [0.29, 0.717) is 5.56 Å². The maximum absolute atomic E-state index is 13.0. The van der Waals surface area contributed by atoms with Crippen molar-refractivity contribution in [3.63, 3.8) is 0 Å². The molecule has 0 aliphatic heterocycles. The van der Waals surface area contributed by atoms with E-state index < -0.39 is 66.7 Å². The topological polar surface area (TPSA) is 223 Å². The summed E-state index contributed by atoms with van der Waals surface area (Å²) < 4.78 is 0. The second-order valence-corrected chi connectivity index (χ2v) is 11.1. The molecule has 5 amide bonds. The SMILES string of the molecule is Cc1cc(C(N)=O)cc(C)c1C[C@H](N)C(=O)NCC(=O)NCC(=O)N[C@@H](Cc1ccccc1)C(=O)N[C@@H](CC(C)C)C(=O)O. The number of primary amides is 1. The van der Waals surface area contributed by atoms with Gasteiger partial charge in [-0.05, 0) is 67.0 Å². The van der Waals surface area contributed by atoms with Crippen molar-refractivity contribution >= 4 is 35.5 Å². The number of amides is 5. The minimum absolute atomic E-state index is 0.00637. The quantitative estimate of drug-likeness (QED) is 0.135. The van der Waals surface area contributed by atoms with Gasteiger partial charge >= 0.3 is 5.97 Å². The maximum Gasteiger partial charge on any atom is 0.326 e. The highest BCUT2D eigenvalue weighted by molar-refractivity contribution is 5.94. The number of carboxylic acid groups (broad SMARTS) is 1. The highest BCUT2D eigenvalue weighted by Gasteiger charge is 2.27.